The Bertz CT molecular complexity index is 711. The van der Waals surface area contributed by atoms with Crippen LogP contribution in [0.3, 0.4) is 0 Å². The van der Waals surface area contributed by atoms with E-state index in [-0.39, 0.29) is 12.0 Å². The van der Waals surface area contributed by atoms with Crippen LogP contribution in [-0.2, 0) is 28.9 Å². The van der Waals surface area contributed by atoms with E-state index in [2.05, 4.69) is 31.2 Å². The van der Waals surface area contributed by atoms with Gasteiger partial charge in [0.15, 0.2) is 0 Å². The number of hydrogen-bond donors (Lipinski definition) is 0. The van der Waals surface area contributed by atoms with Gasteiger partial charge in [-0.05, 0) is 35.2 Å². The lowest BCUT2D eigenvalue weighted by Gasteiger charge is -2.32. The summed E-state index contributed by atoms with van der Waals surface area (Å²) in [4.78, 5) is 14.7. The average Bonchev–Trinajstić information content (AvgIpc) is 2.66. The average molecular weight is 339 g/mol. The third kappa shape index (κ3) is 4.40. The molecule has 3 rings (SSSR count). The summed E-state index contributed by atoms with van der Waals surface area (Å²) < 4.78 is 10.9. The molecule has 1 heterocycles. The maximum atomic E-state index is 12.8. The van der Waals surface area contributed by atoms with E-state index in [4.69, 9.17) is 9.47 Å². The lowest BCUT2D eigenvalue weighted by atomic mass is 10.0. The summed E-state index contributed by atoms with van der Waals surface area (Å²) in [7, 11) is 1.65. The molecule has 2 aromatic carbocycles. The number of hydrogen-bond acceptors (Lipinski definition) is 3. The SMILES string of the molecule is CCc1cccc(CC2OCCN(Cc3ccc(OC)cc3)C2=O)c1. The molecule has 1 atom stereocenters. The van der Waals surface area contributed by atoms with E-state index in [1.54, 1.807) is 7.11 Å². The zero-order chi connectivity index (χ0) is 17.6. The highest BCUT2D eigenvalue weighted by atomic mass is 16.5. The van der Waals surface area contributed by atoms with Crippen LogP contribution < -0.4 is 4.74 Å². The predicted octanol–water partition coefficient (Wildman–Crippen LogP) is 3.23. The first-order chi connectivity index (χ1) is 12.2. The highest BCUT2D eigenvalue weighted by molar-refractivity contribution is 5.81. The lowest BCUT2D eigenvalue weighted by Crippen LogP contribution is -2.48. The molecule has 4 heteroatoms. The van der Waals surface area contributed by atoms with Crippen molar-refractivity contribution in [3.63, 3.8) is 0 Å². The van der Waals surface area contributed by atoms with Gasteiger partial charge < -0.3 is 14.4 Å². The number of ether oxygens (including phenoxy) is 2. The van der Waals surface area contributed by atoms with Crippen molar-refractivity contribution in [2.24, 2.45) is 0 Å². The van der Waals surface area contributed by atoms with Gasteiger partial charge in [-0.25, -0.2) is 0 Å². The second-order valence-corrected chi connectivity index (χ2v) is 6.34. The molecule has 1 unspecified atom stereocenters. The fourth-order valence-corrected chi connectivity index (χ4v) is 3.14. The van der Waals surface area contributed by atoms with Gasteiger partial charge in [-0.3, -0.25) is 4.79 Å². The maximum absolute atomic E-state index is 12.8. The van der Waals surface area contributed by atoms with Gasteiger partial charge in [-0.2, -0.15) is 0 Å². The van der Waals surface area contributed by atoms with Gasteiger partial charge in [0, 0.05) is 19.5 Å². The van der Waals surface area contributed by atoms with Gasteiger partial charge in [0.05, 0.1) is 13.7 Å². The van der Waals surface area contributed by atoms with Crippen molar-refractivity contribution >= 4 is 5.91 Å². The third-order valence-corrected chi connectivity index (χ3v) is 4.62. The molecule has 0 radical (unpaired) electrons. The van der Waals surface area contributed by atoms with Crippen molar-refractivity contribution in [1.82, 2.24) is 4.90 Å². The van der Waals surface area contributed by atoms with Crippen molar-refractivity contribution in [3.05, 3.63) is 65.2 Å². The Labute approximate surface area is 149 Å². The van der Waals surface area contributed by atoms with E-state index in [1.807, 2.05) is 29.2 Å². The lowest BCUT2D eigenvalue weighted by molar-refractivity contribution is -0.153. The number of aryl methyl sites for hydroxylation is 1. The number of carbonyl (C=O) groups is 1. The molecule has 1 aliphatic heterocycles. The van der Waals surface area contributed by atoms with E-state index in [1.165, 1.54) is 5.56 Å². The largest absolute Gasteiger partial charge is 0.497 e. The Hall–Kier alpha value is -2.33. The number of carbonyl (C=O) groups excluding carboxylic acids is 1. The predicted molar refractivity (Wildman–Crippen MR) is 97.7 cm³/mol. The van der Waals surface area contributed by atoms with Crippen molar-refractivity contribution < 1.29 is 14.3 Å². The number of benzene rings is 2. The molecule has 0 saturated carbocycles. The summed E-state index contributed by atoms with van der Waals surface area (Å²) in [5.41, 5.74) is 3.54. The van der Waals surface area contributed by atoms with Crippen LogP contribution in [0.2, 0.25) is 0 Å². The molecule has 0 bridgehead atoms. The Balaban J connectivity index is 1.65. The first-order valence-corrected chi connectivity index (χ1v) is 8.80. The minimum Gasteiger partial charge on any atom is -0.497 e. The van der Waals surface area contributed by atoms with Crippen LogP contribution in [0.25, 0.3) is 0 Å². The van der Waals surface area contributed by atoms with Crippen LogP contribution in [0.15, 0.2) is 48.5 Å². The monoisotopic (exact) mass is 339 g/mol. The Morgan fingerprint density at radius 2 is 1.88 bits per heavy atom. The molecule has 0 aromatic heterocycles. The maximum Gasteiger partial charge on any atom is 0.252 e. The van der Waals surface area contributed by atoms with Crippen LogP contribution in [0, 0.1) is 0 Å². The number of methoxy groups -OCH3 is 1. The standard InChI is InChI=1S/C21H25NO3/c1-3-16-5-4-6-18(13-16)14-20-21(23)22(11-12-25-20)15-17-7-9-19(24-2)10-8-17/h4-10,13,20H,3,11-12,14-15H2,1-2H3. The summed E-state index contributed by atoms with van der Waals surface area (Å²) in [5.74, 6) is 0.898. The van der Waals surface area contributed by atoms with Gasteiger partial charge in [-0.1, -0.05) is 43.3 Å². The highest BCUT2D eigenvalue weighted by Crippen LogP contribution is 2.18. The summed E-state index contributed by atoms with van der Waals surface area (Å²) in [6.45, 7) is 3.96. The summed E-state index contributed by atoms with van der Waals surface area (Å²) in [6, 6.07) is 16.3. The van der Waals surface area contributed by atoms with Gasteiger partial charge in [-0.15, -0.1) is 0 Å². The molecule has 1 saturated heterocycles. The van der Waals surface area contributed by atoms with E-state index in [0.717, 1.165) is 23.3 Å². The van der Waals surface area contributed by atoms with Crippen LogP contribution in [-0.4, -0.2) is 37.2 Å². The molecule has 2 aromatic rings. The van der Waals surface area contributed by atoms with Crippen molar-refractivity contribution in [1.29, 1.82) is 0 Å². The van der Waals surface area contributed by atoms with Gasteiger partial charge in [0.25, 0.3) is 5.91 Å². The smallest absolute Gasteiger partial charge is 0.252 e. The van der Waals surface area contributed by atoms with Gasteiger partial charge in [0.2, 0.25) is 0 Å². The quantitative estimate of drug-likeness (QED) is 0.811. The fourth-order valence-electron chi connectivity index (χ4n) is 3.14. The second kappa shape index (κ2) is 8.17. The third-order valence-electron chi connectivity index (χ3n) is 4.62. The number of nitrogens with zero attached hydrogens (tertiary/aromatic N) is 1. The minimum absolute atomic E-state index is 0.0731. The minimum atomic E-state index is -0.390. The molecular formula is C21H25NO3. The topological polar surface area (TPSA) is 38.8 Å². The van der Waals surface area contributed by atoms with Crippen LogP contribution in [0.4, 0.5) is 0 Å². The second-order valence-electron chi connectivity index (χ2n) is 6.34. The van der Waals surface area contributed by atoms with E-state index >= 15 is 0 Å². The Morgan fingerprint density at radius 1 is 1.12 bits per heavy atom. The first kappa shape index (κ1) is 17.5. The summed E-state index contributed by atoms with van der Waals surface area (Å²) in [6.07, 6.45) is 1.24. The van der Waals surface area contributed by atoms with Crippen molar-refractivity contribution in [2.45, 2.75) is 32.4 Å². The number of rotatable bonds is 6. The van der Waals surface area contributed by atoms with Crippen LogP contribution in [0.1, 0.15) is 23.6 Å². The van der Waals surface area contributed by atoms with Crippen molar-refractivity contribution in [2.75, 3.05) is 20.3 Å². The molecule has 0 aliphatic carbocycles. The molecule has 4 nitrogen and oxygen atoms in total. The van der Waals surface area contributed by atoms with E-state index in [9.17, 15) is 4.79 Å². The van der Waals surface area contributed by atoms with Crippen LogP contribution >= 0.6 is 0 Å². The Kier molecular flexibility index (Phi) is 5.71. The van der Waals surface area contributed by atoms with E-state index in [0.29, 0.717) is 26.1 Å². The molecule has 1 aliphatic rings. The zero-order valence-corrected chi connectivity index (χ0v) is 14.9. The molecule has 25 heavy (non-hydrogen) atoms. The van der Waals surface area contributed by atoms with Crippen LogP contribution in [0.5, 0.6) is 5.75 Å². The fraction of sp³-hybridized carbons (Fsp3) is 0.381. The van der Waals surface area contributed by atoms with Gasteiger partial charge >= 0.3 is 0 Å². The first-order valence-electron chi connectivity index (χ1n) is 8.80. The highest BCUT2D eigenvalue weighted by Gasteiger charge is 2.29. The van der Waals surface area contributed by atoms with Gasteiger partial charge in [0.1, 0.15) is 11.9 Å². The Morgan fingerprint density at radius 3 is 2.60 bits per heavy atom. The molecule has 0 spiro atoms. The zero-order valence-electron chi connectivity index (χ0n) is 14.9. The molecular weight excluding hydrogens is 314 g/mol. The molecule has 132 valence electrons. The van der Waals surface area contributed by atoms with Crippen molar-refractivity contribution in [3.8, 4) is 5.75 Å². The summed E-state index contributed by atoms with van der Waals surface area (Å²) in [5, 5.41) is 0. The molecule has 1 amide bonds. The number of amides is 1. The normalized spacial score (nSPS) is 17.6. The summed E-state index contributed by atoms with van der Waals surface area (Å²) >= 11 is 0. The molecule has 1 fully saturated rings. The molecule has 0 N–H and O–H groups in total. The number of morpholine rings is 1. The van der Waals surface area contributed by atoms with E-state index < -0.39 is 0 Å².